The second-order valence-electron chi connectivity index (χ2n) is 7.11. The smallest absolute Gasteiger partial charge is 0.339 e. The van der Waals surface area contributed by atoms with Gasteiger partial charge in [0, 0.05) is 24.6 Å². The van der Waals surface area contributed by atoms with Gasteiger partial charge in [-0.05, 0) is 39.3 Å². The number of rotatable bonds is 6. The highest BCUT2D eigenvalue weighted by atomic mass is 16.5. The summed E-state index contributed by atoms with van der Waals surface area (Å²) in [5, 5.41) is 11.9. The van der Waals surface area contributed by atoms with Crippen LogP contribution in [-0.2, 0) is 13.0 Å². The Morgan fingerprint density at radius 3 is 2.46 bits per heavy atom. The number of furan rings is 1. The van der Waals surface area contributed by atoms with E-state index in [0.717, 1.165) is 11.1 Å². The van der Waals surface area contributed by atoms with Crippen molar-refractivity contribution < 1.29 is 23.8 Å². The number of carboxylic acid groups (broad SMARTS) is 1. The van der Waals surface area contributed by atoms with Crippen molar-refractivity contribution in [2.45, 2.75) is 53.2 Å². The van der Waals surface area contributed by atoms with Gasteiger partial charge in [0.2, 0.25) is 0 Å². The second-order valence-corrected chi connectivity index (χ2v) is 7.11. The number of nitrogens with one attached hydrogen (secondary N) is 1. The van der Waals surface area contributed by atoms with Crippen LogP contribution in [-0.4, -0.2) is 22.6 Å². The number of aromatic carboxylic acids is 1. The van der Waals surface area contributed by atoms with E-state index in [-0.39, 0.29) is 29.2 Å². The molecular formula is C20H25NO5. The maximum Gasteiger partial charge on any atom is 0.339 e. The van der Waals surface area contributed by atoms with E-state index < -0.39 is 11.9 Å². The zero-order valence-electron chi connectivity index (χ0n) is 15.8. The fourth-order valence-electron chi connectivity index (χ4n) is 2.48. The molecule has 6 nitrogen and oxygen atoms in total. The zero-order valence-corrected chi connectivity index (χ0v) is 15.8. The molecule has 0 unspecified atom stereocenters. The lowest BCUT2D eigenvalue weighted by Gasteiger charge is -2.23. The molecule has 6 heteroatoms. The van der Waals surface area contributed by atoms with Gasteiger partial charge in [-0.1, -0.05) is 19.1 Å². The number of ether oxygens (including phenoxy) is 1. The van der Waals surface area contributed by atoms with Crippen LogP contribution in [0.25, 0.3) is 0 Å². The molecule has 1 amide bonds. The van der Waals surface area contributed by atoms with Gasteiger partial charge in [0.1, 0.15) is 22.7 Å². The molecule has 0 saturated heterocycles. The standard InChI is InChI=1S/C20H25NO5/c1-6-15-14(19(23)24)10-17(25-15)18(22)21-11-13-8-7-12(2)9-16(13)26-20(3,4)5/h7-10H,6,11H2,1-5H3,(H,21,22)(H,23,24). The largest absolute Gasteiger partial charge is 0.488 e. The summed E-state index contributed by atoms with van der Waals surface area (Å²) in [5.41, 5.74) is 1.55. The van der Waals surface area contributed by atoms with Crippen LogP contribution in [0.15, 0.2) is 28.7 Å². The van der Waals surface area contributed by atoms with E-state index in [0.29, 0.717) is 12.2 Å². The van der Waals surface area contributed by atoms with E-state index in [9.17, 15) is 9.59 Å². The van der Waals surface area contributed by atoms with Crippen LogP contribution < -0.4 is 10.1 Å². The fraction of sp³-hybridized carbons (Fsp3) is 0.400. The number of amides is 1. The molecule has 2 N–H and O–H groups in total. The van der Waals surface area contributed by atoms with Crippen LogP contribution in [0, 0.1) is 6.92 Å². The summed E-state index contributed by atoms with van der Waals surface area (Å²) in [5.74, 6) is -0.587. The Morgan fingerprint density at radius 1 is 1.23 bits per heavy atom. The van der Waals surface area contributed by atoms with Gasteiger partial charge in [0.05, 0.1) is 0 Å². The molecule has 26 heavy (non-hydrogen) atoms. The normalized spacial score (nSPS) is 11.3. The lowest BCUT2D eigenvalue weighted by Crippen LogP contribution is -2.26. The highest BCUT2D eigenvalue weighted by Gasteiger charge is 2.20. The minimum Gasteiger partial charge on any atom is -0.488 e. The molecule has 1 heterocycles. The summed E-state index contributed by atoms with van der Waals surface area (Å²) in [6, 6.07) is 7.04. The summed E-state index contributed by atoms with van der Waals surface area (Å²) in [6.07, 6.45) is 0.399. The Bertz CT molecular complexity index is 814. The Kier molecular flexibility index (Phi) is 5.75. The number of aryl methyl sites for hydroxylation is 2. The molecule has 0 aliphatic carbocycles. The lowest BCUT2D eigenvalue weighted by molar-refractivity contribution is 0.0694. The Balaban J connectivity index is 2.16. The van der Waals surface area contributed by atoms with Gasteiger partial charge in [-0.25, -0.2) is 4.79 Å². The van der Waals surface area contributed by atoms with Gasteiger partial charge in [0.25, 0.3) is 5.91 Å². The molecule has 1 aromatic carbocycles. The number of hydrogen-bond acceptors (Lipinski definition) is 4. The summed E-state index contributed by atoms with van der Waals surface area (Å²) >= 11 is 0. The molecule has 2 rings (SSSR count). The van der Waals surface area contributed by atoms with Crippen molar-refractivity contribution in [3.63, 3.8) is 0 Å². The average molecular weight is 359 g/mol. The van der Waals surface area contributed by atoms with Crippen LogP contribution >= 0.6 is 0 Å². The number of benzene rings is 1. The number of carboxylic acids is 1. The molecule has 0 spiro atoms. The van der Waals surface area contributed by atoms with E-state index in [2.05, 4.69) is 5.32 Å². The summed E-state index contributed by atoms with van der Waals surface area (Å²) in [4.78, 5) is 23.5. The predicted octanol–water partition coefficient (Wildman–Crippen LogP) is 3.96. The van der Waals surface area contributed by atoms with E-state index in [4.69, 9.17) is 14.3 Å². The summed E-state index contributed by atoms with van der Waals surface area (Å²) in [7, 11) is 0. The molecule has 0 aliphatic rings. The van der Waals surface area contributed by atoms with E-state index in [1.807, 2.05) is 45.9 Å². The average Bonchev–Trinajstić information content (AvgIpc) is 2.97. The van der Waals surface area contributed by atoms with Crippen molar-refractivity contribution >= 4 is 11.9 Å². The third-order valence-corrected chi connectivity index (χ3v) is 3.66. The minimum absolute atomic E-state index is 0.00958. The van der Waals surface area contributed by atoms with Crippen LogP contribution in [0.5, 0.6) is 5.75 Å². The fourth-order valence-corrected chi connectivity index (χ4v) is 2.48. The molecule has 0 aliphatic heterocycles. The highest BCUT2D eigenvalue weighted by molar-refractivity contribution is 5.96. The van der Waals surface area contributed by atoms with E-state index >= 15 is 0 Å². The van der Waals surface area contributed by atoms with Crippen LogP contribution in [0.2, 0.25) is 0 Å². The molecule has 0 atom stereocenters. The molecule has 0 saturated carbocycles. The van der Waals surface area contributed by atoms with Crippen LogP contribution in [0.3, 0.4) is 0 Å². The first-order valence-electron chi connectivity index (χ1n) is 8.53. The topological polar surface area (TPSA) is 88.8 Å². The molecule has 0 bridgehead atoms. The molecule has 1 aromatic heterocycles. The van der Waals surface area contributed by atoms with Crippen molar-refractivity contribution in [1.29, 1.82) is 0 Å². The maximum absolute atomic E-state index is 12.3. The van der Waals surface area contributed by atoms with Gasteiger partial charge in [0.15, 0.2) is 5.76 Å². The monoisotopic (exact) mass is 359 g/mol. The Morgan fingerprint density at radius 2 is 1.92 bits per heavy atom. The molecular weight excluding hydrogens is 334 g/mol. The third-order valence-electron chi connectivity index (χ3n) is 3.66. The molecule has 0 radical (unpaired) electrons. The second kappa shape index (κ2) is 7.64. The SMILES string of the molecule is CCc1oc(C(=O)NCc2ccc(C)cc2OC(C)(C)C)cc1C(=O)O. The van der Waals surface area contributed by atoms with Gasteiger partial charge < -0.3 is 19.6 Å². The predicted molar refractivity (Wildman–Crippen MR) is 97.8 cm³/mol. The first-order valence-corrected chi connectivity index (χ1v) is 8.53. The third kappa shape index (κ3) is 4.88. The molecule has 140 valence electrons. The number of carbonyl (C=O) groups excluding carboxylic acids is 1. The van der Waals surface area contributed by atoms with Gasteiger partial charge in [-0.15, -0.1) is 0 Å². The first-order chi connectivity index (χ1) is 12.1. The van der Waals surface area contributed by atoms with Gasteiger partial charge >= 0.3 is 5.97 Å². The van der Waals surface area contributed by atoms with Crippen molar-refractivity contribution in [3.05, 3.63) is 52.5 Å². The Hall–Kier alpha value is -2.76. The van der Waals surface area contributed by atoms with Crippen LogP contribution in [0.1, 0.15) is 65.5 Å². The minimum atomic E-state index is -1.11. The van der Waals surface area contributed by atoms with Gasteiger partial charge in [-0.3, -0.25) is 4.79 Å². The van der Waals surface area contributed by atoms with E-state index in [1.165, 1.54) is 6.07 Å². The molecule has 0 fully saturated rings. The number of hydrogen-bond donors (Lipinski definition) is 2. The zero-order chi connectivity index (χ0) is 19.5. The van der Waals surface area contributed by atoms with Crippen molar-refractivity contribution in [2.24, 2.45) is 0 Å². The molecule has 2 aromatic rings. The Labute approximate surface area is 153 Å². The summed E-state index contributed by atoms with van der Waals surface area (Å²) in [6.45, 7) is 9.87. The lowest BCUT2D eigenvalue weighted by atomic mass is 10.1. The number of carbonyl (C=O) groups is 2. The van der Waals surface area contributed by atoms with E-state index in [1.54, 1.807) is 6.92 Å². The van der Waals surface area contributed by atoms with Crippen molar-refractivity contribution in [3.8, 4) is 5.75 Å². The first kappa shape index (κ1) is 19.6. The summed E-state index contributed by atoms with van der Waals surface area (Å²) < 4.78 is 11.4. The quantitative estimate of drug-likeness (QED) is 0.815. The van der Waals surface area contributed by atoms with Crippen molar-refractivity contribution in [2.75, 3.05) is 0 Å². The van der Waals surface area contributed by atoms with Gasteiger partial charge in [-0.2, -0.15) is 0 Å². The highest BCUT2D eigenvalue weighted by Crippen LogP contribution is 2.25. The maximum atomic E-state index is 12.3. The van der Waals surface area contributed by atoms with Crippen molar-refractivity contribution in [1.82, 2.24) is 5.32 Å². The van der Waals surface area contributed by atoms with Crippen LogP contribution in [0.4, 0.5) is 0 Å².